The van der Waals surface area contributed by atoms with Gasteiger partial charge in [0.15, 0.2) is 0 Å². The maximum atomic E-state index is 11.9. The highest BCUT2D eigenvalue weighted by molar-refractivity contribution is 7.10. The lowest BCUT2D eigenvalue weighted by molar-refractivity contribution is -0.120. The molecule has 24 heavy (non-hydrogen) atoms. The highest BCUT2D eigenvalue weighted by atomic mass is 32.1. The molecule has 3 rings (SSSR count). The molecule has 0 aliphatic carbocycles. The van der Waals surface area contributed by atoms with E-state index in [1.165, 1.54) is 0 Å². The number of nitrogens with one attached hydrogen (secondary N) is 1. The maximum Gasteiger partial charge on any atom is 0.225 e. The van der Waals surface area contributed by atoms with Crippen LogP contribution in [0.25, 0.3) is 0 Å². The number of pyridine rings is 1. The summed E-state index contributed by atoms with van der Waals surface area (Å²) >= 11 is 1.60. The summed E-state index contributed by atoms with van der Waals surface area (Å²) in [6.07, 6.45) is 2.71. The molecule has 0 aromatic carbocycles. The van der Waals surface area contributed by atoms with Crippen molar-refractivity contribution >= 4 is 23.1 Å². The number of rotatable bonds is 5. The lowest BCUT2D eigenvalue weighted by Gasteiger charge is -2.36. The Hall–Kier alpha value is -1.92. The first-order valence-electron chi connectivity index (χ1n) is 8.24. The highest BCUT2D eigenvalue weighted by Gasteiger charge is 2.22. The molecule has 1 aliphatic heterocycles. The van der Waals surface area contributed by atoms with Gasteiger partial charge in [0, 0.05) is 30.7 Å². The number of carbonyl (C=O) groups excluding carboxylic acids is 1. The van der Waals surface area contributed by atoms with Gasteiger partial charge in [-0.15, -0.1) is 11.3 Å². The molecule has 2 aromatic rings. The number of hydrogen-bond donors (Lipinski definition) is 1. The van der Waals surface area contributed by atoms with E-state index >= 15 is 0 Å². The molecule has 0 saturated carbocycles. The third-order valence-corrected chi connectivity index (χ3v) is 4.83. The van der Waals surface area contributed by atoms with Crippen LogP contribution < -0.4 is 10.2 Å². The third kappa shape index (κ3) is 4.55. The minimum absolute atomic E-state index is 0.0392. The average Bonchev–Trinajstić information content (AvgIpc) is 3.05. The van der Waals surface area contributed by atoms with Crippen molar-refractivity contribution in [2.24, 2.45) is 0 Å². The zero-order chi connectivity index (χ0) is 16.9. The Morgan fingerprint density at radius 2 is 2.12 bits per heavy atom. The smallest absolute Gasteiger partial charge is 0.225 e. The summed E-state index contributed by atoms with van der Waals surface area (Å²) in [7, 11) is 0. The standard InChI is InChI=1S/C18H23N3O2S/c1-13-11-21(12-14(2)23-13)17-6-5-15(9-19-17)10-20-18(22)8-16-4-3-7-24-16/h3-7,9,13-14H,8,10-12H2,1-2H3,(H,20,22)/t13-,14-/m1/s1. The fourth-order valence-electron chi connectivity index (χ4n) is 2.91. The number of morpholine rings is 1. The zero-order valence-corrected chi connectivity index (χ0v) is 14.9. The minimum atomic E-state index is 0.0392. The Kier molecular flexibility index (Phi) is 5.48. The van der Waals surface area contributed by atoms with Crippen LogP contribution in [0.2, 0.25) is 0 Å². The summed E-state index contributed by atoms with van der Waals surface area (Å²) in [6, 6.07) is 7.98. The number of nitrogens with zero attached hydrogens (tertiary/aromatic N) is 2. The lowest BCUT2D eigenvalue weighted by atomic mass is 10.2. The molecule has 0 radical (unpaired) electrons. The van der Waals surface area contributed by atoms with E-state index in [0.717, 1.165) is 29.3 Å². The molecule has 2 atom stereocenters. The van der Waals surface area contributed by atoms with E-state index in [2.05, 4.69) is 29.0 Å². The second-order valence-electron chi connectivity index (χ2n) is 6.22. The van der Waals surface area contributed by atoms with Gasteiger partial charge < -0.3 is 15.0 Å². The first-order chi connectivity index (χ1) is 11.6. The first kappa shape index (κ1) is 16.9. The van der Waals surface area contributed by atoms with Crippen molar-refractivity contribution in [1.29, 1.82) is 0 Å². The molecule has 1 fully saturated rings. The van der Waals surface area contributed by atoms with E-state index in [-0.39, 0.29) is 18.1 Å². The molecule has 1 N–H and O–H groups in total. The van der Waals surface area contributed by atoms with Crippen molar-refractivity contribution < 1.29 is 9.53 Å². The largest absolute Gasteiger partial charge is 0.372 e. The third-order valence-electron chi connectivity index (χ3n) is 3.96. The molecule has 5 nitrogen and oxygen atoms in total. The van der Waals surface area contributed by atoms with Crippen molar-refractivity contribution in [1.82, 2.24) is 10.3 Å². The predicted octanol–water partition coefficient (Wildman–Crippen LogP) is 2.62. The summed E-state index contributed by atoms with van der Waals surface area (Å²) in [5.74, 6) is 1.00. The molecular formula is C18H23N3O2S. The number of ether oxygens (including phenoxy) is 1. The van der Waals surface area contributed by atoms with Crippen molar-refractivity contribution in [3.8, 4) is 0 Å². The van der Waals surface area contributed by atoms with Crippen LogP contribution in [0.1, 0.15) is 24.3 Å². The van der Waals surface area contributed by atoms with Crippen LogP contribution in [0.15, 0.2) is 35.8 Å². The van der Waals surface area contributed by atoms with Crippen LogP contribution in [0.4, 0.5) is 5.82 Å². The number of aromatic nitrogens is 1. The molecule has 0 spiro atoms. The molecule has 0 bridgehead atoms. The zero-order valence-electron chi connectivity index (χ0n) is 14.1. The lowest BCUT2D eigenvalue weighted by Crippen LogP contribution is -2.45. The number of hydrogen-bond acceptors (Lipinski definition) is 5. The summed E-state index contributed by atoms with van der Waals surface area (Å²) < 4.78 is 5.75. The molecule has 1 aliphatic rings. The van der Waals surface area contributed by atoms with Crippen LogP contribution in [0.5, 0.6) is 0 Å². The summed E-state index contributed by atoms with van der Waals surface area (Å²) in [4.78, 5) is 19.8. The monoisotopic (exact) mass is 345 g/mol. The van der Waals surface area contributed by atoms with Gasteiger partial charge in [0.2, 0.25) is 5.91 Å². The van der Waals surface area contributed by atoms with E-state index in [4.69, 9.17) is 4.74 Å². The average molecular weight is 345 g/mol. The number of carbonyl (C=O) groups is 1. The molecule has 1 saturated heterocycles. The summed E-state index contributed by atoms with van der Waals surface area (Å²) in [5.41, 5.74) is 1.01. The SMILES string of the molecule is C[C@@H]1CN(c2ccc(CNC(=O)Cc3cccs3)cn2)C[C@@H](C)O1. The molecular weight excluding hydrogens is 322 g/mol. The van der Waals surface area contributed by atoms with E-state index in [9.17, 15) is 4.79 Å². The van der Waals surface area contributed by atoms with Crippen molar-refractivity contribution in [3.05, 3.63) is 46.3 Å². The number of amides is 1. The van der Waals surface area contributed by atoms with Crippen LogP contribution in [-0.4, -0.2) is 36.2 Å². The second kappa shape index (κ2) is 7.77. The Bertz CT molecular complexity index is 647. The van der Waals surface area contributed by atoms with Crippen molar-refractivity contribution in [3.63, 3.8) is 0 Å². The van der Waals surface area contributed by atoms with E-state index in [1.54, 1.807) is 11.3 Å². The fourth-order valence-corrected chi connectivity index (χ4v) is 3.61. The topological polar surface area (TPSA) is 54.5 Å². The van der Waals surface area contributed by atoms with E-state index < -0.39 is 0 Å². The van der Waals surface area contributed by atoms with Crippen LogP contribution in [-0.2, 0) is 22.5 Å². The Morgan fingerprint density at radius 1 is 1.33 bits per heavy atom. The van der Waals surface area contributed by atoms with E-state index in [1.807, 2.05) is 35.8 Å². The van der Waals surface area contributed by atoms with Gasteiger partial charge in [0.1, 0.15) is 5.82 Å². The predicted molar refractivity (Wildman–Crippen MR) is 96.3 cm³/mol. The summed E-state index contributed by atoms with van der Waals surface area (Å²) in [6.45, 7) is 6.39. The quantitative estimate of drug-likeness (QED) is 0.905. The molecule has 3 heterocycles. The van der Waals surface area contributed by atoms with Crippen LogP contribution >= 0.6 is 11.3 Å². The van der Waals surface area contributed by atoms with Gasteiger partial charge >= 0.3 is 0 Å². The van der Waals surface area contributed by atoms with Crippen LogP contribution in [0, 0.1) is 0 Å². The van der Waals surface area contributed by atoms with Gasteiger partial charge in [-0.3, -0.25) is 4.79 Å². The Balaban J connectivity index is 1.52. The first-order valence-corrected chi connectivity index (χ1v) is 9.12. The Morgan fingerprint density at radius 3 is 2.75 bits per heavy atom. The molecule has 1 amide bonds. The van der Waals surface area contributed by atoms with Gasteiger partial charge in [0.05, 0.1) is 18.6 Å². The molecule has 2 aromatic heterocycles. The van der Waals surface area contributed by atoms with Gasteiger partial charge in [-0.1, -0.05) is 12.1 Å². The summed E-state index contributed by atoms with van der Waals surface area (Å²) in [5, 5.41) is 4.93. The minimum Gasteiger partial charge on any atom is -0.372 e. The van der Waals surface area contributed by atoms with Gasteiger partial charge in [-0.05, 0) is 36.9 Å². The van der Waals surface area contributed by atoms with Crippen LogP contribution in [0.3, 0.4) is 0 Å². The van der Waals surface area contributed by atoms with Crippen molar-refractivity contribution in [2.75, 3.05) is 18.0 Å². The maximum absolute atomic E-state index is 11.9. The van der Waals surface area contributed by atoms with Crippen molar-refractivity contribution in [2.45, 2.75) is 39.0 Å². The Labute approximate surface area is 146 Å². The fraction of sp³-hybridized carbons (Fsp3) is 0.444. The van der Waals surface area contributed by atoms with E-state index in [0.29, 0.717) is 13.0 Å². The number of anilines is 1. The second-order valence-corrected chi connectivity index (χ2v) is 7.25. The highest BCUT2D eigenvalue weighted by Crippen LogP contribution is 2.18. The molecule has 6 heteroatoms. The molecule has 128 valence electrons. The normalized spacial score (nSPS) is 20.8. The van der Waals surface area contributed by atoms with Gasteiger partial charge in [-0.25, -0.2) is 4.98 Å². The number of thiophene rings is 1. The van der Waals surface area contributed by atoms with Gasteiger partial charge in [0.25, 0.3) is 0 Å². The van der Waals surface area contributed by atoms with Gasteiger partial charge in [-0.2, -0.15) is 0 Å². The molecule has 0 unspecified atom stereocenters.